The lowest BCUT2D eigenvalue weighted by Gasteiger charge is -2.31. The molecule has 1 heterocycles. The van der Waals surface area contributed by atoms with Gasteiger partial charge in [0, 0.05) is 17.8 Å². The molecule has 108 valence electrons. The van der Waals surface area contributed by atoms with Crippen molar-refractivity contribution in [2.24, 2.45) is 5.92 Å². The largest absolute Gasteiger partial charge is 0.354 e. The number of hydrogen-bond acceptors (Lipinski definition) is 3. The first-order valence-electron chi connectivity index (χ1n) is 6.71. The van der Waals surface area contributed by atoms with E-state index in [2.05, 4.69) is 30.7 Å². The zero-order valence-corrected chi connectivity index (χ0v) is 13.4. The third-order valence-electron chi connectivity index (χ3n) is 3.97. The normalized spacial score (nSPS) is 20.1. The third kappa shape index (κ3) is 4.98. The van der Waals surface area contributed by atoms with Crippen molar-refractivity contribution in [3.05, 3.63) is 0 Å². The van der Waals surface area contributed by atoms with E-state index >= 15 is 0 Å². The highest BCUT2D eigenvalue weighted by atomic mass is 35.5. The molecule has 0 bridgehead atoms. The van der Waals surface area contributed by atoms with E-state index in [4.69, 9.17) is 0 Å². The summed E-state index contributed by atoms with van der Waals surface area (Å²) >= 11 is 1.88. The molecule has 1 saturated heterocycles. The molecule has 0 aromatic heterocycles. The molecule has 3 nitrogen and oxygen atoms in total. The molecule has 0 saturated carbocycles. The van der Waals surface area contributed by atoms with Crippen LogP contribution in [0.5, 0.6) is 0 Å². The van der Waals surface area contributed by atoms with Gasteiger partial charge in [-0.1, -0.05) is 13.8 Å². The first-order valence-corrected chi connectivity index (χ1v) is 7.93. The van der Waals surface area contributed by atoms with E-state index in [9.17, 15) is 4.79 Å². The molecule has 1 atom stereocenters. The minimum absolute atomic E-state index is 0. The topological polar surface area (TPSA) is 41.1 Å². The maximum atomic E-state index is 12.0. The molecular formula is C13H27ClN2OS. The lowest BCUT2D eigenvalue weighted by atomic mass is 9.97. The molecule has 1 rings (SSSR count). The van der Waals surface area contributed by atoms with Crippen LogP contribution >= 0.6 is 24.2 Å². The number of rotatable bonds is 6. The minimum atomic E-state index is 0. The Labute approximate surface area is 122 Å². The average molecular weight is 295 g/mol. The predicted octanol–water partition coefficient (Wildman–Crippen LogP) is 2.45. The molecule has 1 amide bonds. The van der Waals surface area contributed by atoms with Crippen LogP contribution in [0.4, 0.5) is 0 Å². The first-order chi connectivity index (χ1) is 8.17. The van der Waals surface area contributed by atoms with Gasteiger partial charge in [0.25, 0.3) is 0 Å². The van der Waals surface area contributed by atoms with E-state index < -0.39 is 0 Å². The van der Waals surface area contributed by atoms with Gasteiger partial charge in [-0.05, 0) is 38.5 Å². The Hall–Kier alpha value is 0.0700. The van der Waals surface area contributed by atoms with Gasteiger partial charge in [0.2, 0.25) is 5.91 Å². The Morgan fingerprint density at radius 1 is 1.44 bits per heavy atom. The van der Waals surface area contributed by atoms with Crippen molar-refractivity contribution in [3.63, 3.8) is 0 Å². The molecule has 2 N–H and O–H groups in total. The number of hydrogen-bond donors (Lipinski definition) is 2. The van der Waals surface area contributed by atoms with Gasteiger partial charge in [0.1, 0.15) is 0 Å². The molecule has 0 aromatic carbocycles. The summed E-state index contributed by atoms with van der Waals surface area (Å²) in [6.45, 7) is 7.11. The van der Waals surface area contributed by atoms with E-state index in [-0.39, 0.29) is 29.0 Å². The maximum Gasteiger partial charge on any atom is 0.224 e. The van der Waals surface area contributed by atoms with Crippen molar-refractivity contribution >= 4 is 30.1 Å². The van der Waals surface area contributed by atoms with Crippen LogP contribution in [0, 0.1) is 5.92 Å². The second-order valence-electron chi connectivity index (χ2n) is 4.86. The van der Waals surface area contributed by atoms with Crippen molar-refractivity contribution in [2.75, 3.05) is 25.9 Å². The highest BCUT2D eigenvalue weighted by molar-refractivity contribution is 8.00. The number of thioether (sulfide) groups is 1. The number of halogens is 1. The number of nitrogens with one attached hydrogen (secondary N) is 2. The molecule has 0 aliphatic carbocycles. The summed E-state index contributed by atoms with van der Waals surface area (Å²) in [7, 11) is 0. The highest BCUT2D eigenvalue weighted by Crippen LogP contribution is 2.29. The van der Waals surface area contributed by atoms with Crippen LogP contribution in [-0.2, 0) is 4.79 Å². The molecule has 0 radical (unpaired) electrons. The molecule has 1 aliphatic rings. The van der Waals surface area contributed by atoms with Crippen molar-refractivity contribution in [1.82, 2.24) is 10.6 Å². The number of piperidine rings is 1. The first kappa shape index (κ1) is 18.1. The van der Waals surface area contributed by atoms with Gasteiger partial charge < -0.3 is 10.6 Å². The third-order valence-corrected chi connectivity index (χ3v) is 5.56. The summed E-state index contributed by atoms with van der Waals surface area (Å²) in [5, 5.41) is 6.44. The van der Waals surface area contributed by atoms with Gasteiger partial charge in [0.15, 0.2) is 0 Å². The lowest BCUT2D eigenvalue weighted by Crippen LogP contribution is -2.45. The Kier molecular flexibility index (Phi) is 9.09. The number of carbonyl (C=O) groups excluding carboxylic acids is 1. The molecule has 1 fully saturated rings. The van der Waals surface area contributed by atoms with Gasteiger partial charge in [-0.3, -0.25) is 4.79 Å². The van der Waals surface area contributed by atoms with Crippen LogP contribution in [0.2, 0.25) is 0 Å². The van der Waals surface area contributed by atoms with Gasteiger partial charge in [-0.15, -0.1) is 12.4 Å². The fourth-order valence-corrected chi connectivity index (χ4v) is 3.12. The quantitative estimate of drug-likeness (QED) is 0.791. The summed E-state index contributed by atoms with van der Waals surface area (Å²) < 4.78 is 0.220. The fourth-order valence-electron chi connectivity index (χ4n) is 2.33. The summed E-state index contributed by atoms with van der Waals surface area (Å²) in [6, 6.07) is 0. The van der Waals surface area contributed by atoms with Crippen LogP contribution in [-0.4, -0.2) is 36.5 Å². The van der Waals surface area contributed by atoms with Gasteiger partial charge >= 0.3 is 0 Å². The lowest BCUT2D eigenvalue weighted by molar-refractivity contribution is -0.125. The van der Waals surface area contributed by atoms with E-state index in [1.54, 1.807) is 0 Å². The Bertz CT molecular complexity index is 233. The summed E-state index contributed by atoms with van der Waals surface area (Å²) in [5.41, 5.74) is 0. The maximum absolute atomic E-state index is 12.0. The van der Waals surface area contributed by atoms with E-state index in [0.717, 1.165) is 45.3 Å². The zero-order chi connectivity index (χ0) is 12.7. The smallest absolute Gasteiger partial charge is 0.224 e. The molecule has 18 heavy (non-hydrogen) atoms. The van der Waals surface area contributed by atoms with Crippen LogP contribution in [0.3, 0.4) is 0 Å². The summed E-state index contributed by atoms with van der Waals surface area (Å²) in [6.07, 6.45) is 6.50. The van der Waals surface area contributed by atoms with Crippen molar-refractivity contribution < 1.29 is 4.79 Å². The second kappa shape index (κ2) is 9.05. The standard InChI is InChI=1S/C13H26N2OS.ClH/c1-4-13(5-2,17-3)10-15-12(16)11-7-6-8-14-9-11;/h11,14H,4-10H2,1-3H3,(H,15,16);1H/t11-;/m1./s1. The monoisotopic (exact) mass is 294 g/mol. The van der Waals surface area contributed by atoms with Crippen LogP contribution in [0.15, 0.2) is 0 Å². The predicted molar refractivity (Wildman–Crippen MR) is 82.7 cm³/mol. The Balaban J connectivity index is 0.00000289. The Morgan fingerprint density at radius 2 is 2.11 bits per heavy atom. The summed E-state index contributed by atoms with van der Waals surface area (Å²) in [5.74, 6) is 0.412. The van der Waals surface area contributed by atoms with Crippen molar-refractivity contribution in [2.45, 2.75) is 44.3 Å². The van der Waals surface area contributed by atoms with Gasteiger partial charge in [-0.25, -0.2) is 0 Å². The van der Waals surface area contributed by atoms with Gasteiger partial charge in [0.05, 0.1) is 5.92 Å². The van der Waals surface area contributed by atoms with Gasteiger partial charge in [-0.2, -0.15) is 11.8 Å². The van der Waals surface area contributed by atoms with E-state index in [0.29, 0.717) is 0 Å². The SMILES string of the molecule is CCC(CC)(CNC(=O)[C@@H]1CCCNC1)SC.Cl. The molecule has 0 spiro atoms. The number of carbonyl (C=O) groups is 1. The Morgan fingerprint density at radius 3 is 2.56 bits per heavy atom. The highest BCUT2D eigenvalue weighted by Gasteiger charge is 2.27. The minimum Gasteiger partial charge on any atom is -0.354 e. The van der Waals surface area contributed by atoms with E-state index in [1.807, 2.05) is 11.8 Å². The van der Waals surface area contributed by atoms with Crippen molar-refractivity contribution in [3.8, 4) is 0 Å². The zero-order valence-electron chi connectivity index (χ0n) is 11.8. The fraction of sp³-hybridized carbons (Fsp3) is 0.923. The van der Waals surface area contributed by atoms with E-state index in [1.165, 1.54) is 0 Å². The molecule has 0 aromatic rings. The van der Waals surface area contributed by atoms with Crippen LogP contribution in [0.25, 0.3) is 0 Å². The summed E-state index contributed by atoms with van der Waals surface area (Å²) in [4.78, 5) is 12.0. The average Bonchev–Trinajstić information content (AvgIpc) is 2.41. The van der Waals surface area contributed by atoms with Crippen LogP contribution < -0.4 is 10.6 Å². The molecule has 1 aliphatic heterocycles. The van der Waals surface area contributed by atoms with Crippen molar-refractivity contribution in [1.29, 1.82) is 0 Å². The molecule has 0 unspecified atom stereocenters. The molecular weight excluding hydrogens is 268 g/mol. The van der Waals surface area contributed by atoms with Crippen LogP contribution in [0.1, 0.15) is 39.5 Å². The molecule has 5 heteroatoms. The number of amides is 1. The second-order valence-corrected chi connectivity index (χ2v) is 6.13.